The summed E-state index contributed by atoms with van der Waals surface area (Å²) in [6, 6.07) is 8.25. The fourth-order valence-corrected chi connectivity index (χ4v) is 3.15. The first-order valence-electron chi connectivity index (χ1n) is 7.91. The van der Waals surface area contributed by atoms with E-state index in [1.807, 2.05) is 24.3 Å². The predicted molar refractivity (Wildman–Crippen MR) is 88.9 cm³/mol. The first-order valence-corrected chi connectivity index (χ1v) is 8.29. The van der Waals surface area contributed by atoms with Gasteiger partial charge in [-0.05, 0) is 38.1 Å². The molecule has 118 valence electrons. The topological polar surface area (TPSA) is 41.3 Å². The molecule has 4 nitrogen and oxygen atoms in total. The maximum absolute atomic E-state index is 6.04. The van der Waals surface area contributed by atoms with Gasteiger partial charge in [-0.25, -0.2) is 4.98 Å². The van der Waals surface area contributed by atoms with Crippen molar-refractivity contribution in [1.29, 1.82) is 0 Å². The normalized spacial score (nSPS) is 18.2. The quantitative estimate of drug-likeness (QED) is 0.883. The smallest absolute Gasteiger partial charge is 0.209 e. The molecular weight excluding hydrogens is 298 g/mol. The van der Waals surface area contributed by atoms with Crippen LogP contribution < -0.4 is 5.32 Å². The van der Waals surface area contributed by atoms with Gasteiger partial charge >= 0.3 is 0 Å². The standard InChI is InChI=1S/C17H22ClN3O/c1-2-8-21(15-6-7-19-10-15)12-17-20-11-16(22-17)13-4-3-5-14(18)9-13/h3-5,9,11,15,19H,2,6-8,10,12H2,1H3. The van der Waals surface area contributed by atoms with Crippen LogP contribution in [0.4, 0.5) is 0 Å². The molecule has 1 aliphatic rings. The molecule has 2 heterocycles. The van der Waals surface area contributed by atoms with Crippen molar-refractivity contribution in [3.63, 3.8) is 0 Å². The summed E-state index contributed by atoms with van der Waals surface area (Å²) in [5.41, 5.74) is 0.968. The van der Waals surface area contributed by atoms with E-state index >= 15 is 0 Å². The van der Waals surface area contributed by atoms with Gasteiger partial charge in [0.25, 0.3) is 0 Å². The summed E-state index contributed by atoms with van der Waals surface area (Å²) >= 11 is 6.04. The number of oxazole rings is 1. The molecule has 1 saturated heterocycles. The summed E-state index contributed by atoms with van der Waals surface area (Å²) in [6.45, 7) is 6.20. The molecule has 1 fully saturated rings. The van der Waals surface area contributed by atoms with Crippen LogP contribution in [0.25, 0.3) is 11.3 Å². The molecule has 1 aromatic carbocycles. The highest BCUT2D eigenvalue weighted by Crippen LogP contribution is 2.24. The minimum absolute atomic E-state index is 0.585. The molecule has 2 aromatic rings. The van der Waals surface area contributed by atoms with Gasteiger partial charge in [-0.2, -0.15) is 0 Å². The Morgan fingerprint density at radius 3 is 3.09 bits per heavy atom. The van der Waals surface area contributed by atoms with Gasteiger partial charge in [-0.1, -0.05) is 30.7 Å². The van der Waals surface area contributed by atoms with Crippen LogP contribution in [0.3, 0.4) is 0 Å². The number of nitrogens with one attached hydrogen (secondary N) is 1. The van der Waals surface area contributed by atoms with Crippen LogP contribution in [0.5, 0.6) is 0 Å². The first-order chi connectivity index (χ1) is 10.8. The van der Waals surface area contributed by atoms with E-state index in [1.165, 1.54) is 6.42 Å². The van der Waals surface area contributed by atoms with Crippen molar-refractivity contribution in [2.45, 2.75) is 32.4 Å². The average Bonchev–Trinajstić information content (AvgIpc) is 3.18. The molecule has 1 aliphatic heterocycles. The van der Waals surface area contributed by atoms with Gasteiger partial charge in [0.1, 0.15) is 0 Å². The van der Waals surface area contributed by atoms with Crippen molar-refractivity contribution >= 4 is 11.6 Å². The largest absolute Gasteiger partial charge is 0.439 e. The van der Waals surface area contributed by atoms with Crippen LogP contribution >= 0.6 is 11.6 Å². The third kappa shape index (κ3) is 3.69. The van der Waals surface area contributed by atoms with Gasteiger partial charge in [-0.15, -0.1) is 0 Å². The van der Waals surface area contributed by atoms with Crippen LogP contribution in [0.2, 0.25) is 5.02 Å². The Balaban J connectivity index is 1.72. The lowest BCUT2D eigenvalue weighted by Gasteiger charge is -2.26. The van der Waals surface area contributed by atoms with Crippen molar-refractivity contribution < 1.29 is 4.42 Å². The van der Waals surface area contributed by atoms with Crippen LogP contribution in [-0.4, -0.2) is 35.6 Å². The zero-order chi connectivity index (χ0) is 15.4. The van der Waals surface area contributed by atoms with Gasteiger partial charge in [0.15, 0.2) is 5.76 Å². The summed E-state index contributed by atoms with van der Waals surface area (Å²) in [7, 11) is 0. The molecule has 22 heavy (non-hydrogen) atoms. The number of hydrogen-bond acceptors (Lipinski definition) is 4. The van der Waals surface area contributed by atoms with E-state index in [9.17, 15) is 0 Å². The fraction of sp³-hybridized carbons (Fsp3) is 0.471. The number of benzene rings is 1. The Hall–Kier alpha value is -1.36. The second kappa shape index (κ2) is 7.27. The lowest BCUT2D eigenvalue weighted by atomic mass is 10.2. The second-order valence-electron chi connectivity index (χ2n) is 5.75. The Labute approximate surface area is 136 Å². The van der Waals surface area contributed by atoms with Crippen LogP contribution in [-0.2, 0) is 6.54 Å². The predicted octanol–water partition coefficient (Wildman–Crippen LogP) is 3.57. The van der Waals surface area contributed by atoms with E-state index in [4.69, 9.17) is 16.0 Å². The van der Waals surface area contributed by atoms with Crippen LogP contribution in [0.1, 0.15) is 25.7 Å². The lowest BCUT2D eigenvalue weighted by Crippen LogP contribution is -2.37. The SMILES string of the molecule is CCCN(Cc1ncc(-c2cccc(Cl)c2)o1)C1CCNC1. The minimum Gasteiger partial charge on any atom is -0.439 e. The maximum atomic E-state index is 6.04. The van der Waals surface area contributed by atoms with Gasteiger partial charge in [0, 0.05) is 23.2 Å². The zero-order valence-electron chi connectivity index (χ0n) is 12.9. The number of aromatic nitrogens is 1. The average molecular weight is 320 g/mol. The van der Waals surface area contributed by atoms with Gasteiger partial charge < -0.3 is 9.73 Å². The Morgan fingerprint density at radius 1 is 1.45 bits per heavy atom. The molecule has 0 saturated carbocycles. The molecule has 1 unspecified atom stereocenters. The molecule has 0 bridgehead atoms. The van der Waals surface area contributed by atoms with Crippen LogP contribution in [0.15, 0.2) is 34.9 Å². The van der Waals surface area contributed by atoms with Crippen molar-refractivity contribution in [3.05, 3.63) is 41.4 Å². The third-order valence-electron chi connectivity index (χ3n) is 4.06. The zero-order valence-corrected chi connectivity index (χ0v) is 13.6. The number of rotatable bonds is 6. The van der Waals surface area contributed by atoms with E-state index in [2.05, 4.69) is 22.1 Å². The second-order valence-corrected chi connectivity index (χ2v) is 6.18. The van der Waals surface area contributed by atoms with Gasteiger partial charge in [0.2, 0.25) is 5.89 Å². The summed E-state index contributed by atoms with van der Waals surface area (Å²) in [5.74, 6) is 1.55. The molecule has 0 radical (unpaired) electrons. The molecule has 1 atom stereocenters. The van der Waals surface area contributed by atoms with Crippen molar-refractivity contribution in [2.24, 2.45) is 0 Å². The monoisotopic (exact) mass is 319 g/mol. The highest BCUT2D eigenvalue weighted by molar-refractivity contribution is 6.30. The first kappa shape index (κ1) is 15.5. The molecule has 0 aliphatic carbocycles. The summed E-state index contributed by atoms with van der Waals surface area (Å²) in [4.78, 5) is 6.91. The Bertz CT molecular complexity index is 607. The molecule has 0 amide bonds. The number of nitrogens with zero attached hydrogens (tertiary/aromatic N) is 2. The number of halogens is 1. The highest BCUT2D eigenvalue weighted by atomic mass is 35.5. The van der Waals surface area contributed by atoms with E-state index < -0.39 is 0 Å². The molecule has 1 N–H and O–H groups in total. The minimum atomic E-state index is 0.585. The van der Waals surface area contributed by atoms with Crippen molar-refractivity contribution in [1.82, 2.24) is 15.2 Å². The highest BCUT2D eigenvalue weighted by Gasteiger charge is 2.23. The summed E-state index contributed by atoms with van der Waals surface area (Å²) < 4.78 is 5.93. The molecule has 3 rings (SSSR count). The van der Waals surface area contributed by atoms with Crippen molar-refractivity contribution in [3.8, 4) is 11.3 Å². The van der Waals surface area contributed by atoms with Crippen molar-refractivity contribution in [2.75, 3.05) is 19.6 Å². The van der Waals surface area contributed by atoms with E-state index in [-0.39, 0.29) is 0 Å². The maximum Gasteiger partial charge on any atom is 0.209 e. The Morgan fingerprint density at radius 2 is 2.36 bits per heavy atom. The summed E-state index contributed by atoms with van der Waals surface area (Å²) in [5, 5.41) is 4.14. The van der Waals surface area contributed by atoms with E-state index in [1.54, 1.807) is 6.20 Å². The fourth-order valence-electron chi connectivity index (χ4n) is 2.96. The van der Waals surface area contributed by atoms with Crippen LogP contribution in [0, 0.1) is 0 Å². The number of hydrogen-bond donors (Lipinski definition) is 1. The van der Waals surface area contributed by atoms with E-state index in [0.29, 0.717) is 11.1 Å². The lowest BCUT2D eigenvalue weighted by molar-refractivity contribution is 0.182. The summed E-state index contributed by atoms with van der Waals surface area (Å²) in [6.07, 6.45) is 4.12. The van der Waals surface area contributed by atoms with Gasteiger partial charge in [0.05, 0.1) is 12.7 Å². The van der Waals surface area contributed by atoms with E-state index in [0.717, 1.165) is 49.8 Å². The Kier molecular flexibility index (Phi) is 5.13. The van der Waals surface area contributed by atoms with Gasteiger partial charge in [-0.3, -0.25) is 4.90 Å². The molecule has 0 spiro atoms. The third-order valence-corrected chi connectivity index (χ3v) is 4.30. The molecule has 5 heteroatoms. The molecular formula is C17H22ClN3O. The molecule has 1 aromatic heterocycles.